The van der Waals surface area contributed by atoms with E-state index in [-0.39, 0.29) is 0 Å². The maximum absolute atomic E-state index is 5.12. The van der Waals surface area contributed by atoms with Crippen molar-refractivity contribution >= 4 is 12.2 Å². The number of nitrogens with zero attached hydrogens (tertiary/aromatic N) is 1. The van der Waals surface area contributed by atoms with Crippen molar-refractivity contribution in [3.05, 3.63) is 47.2 Å². The van der Waals surface area contributed by atoms with E-state index in [0.29, 0.717) is 4.64 Å². The molecule has 13 heavy (non-hydrogen) atoms. The van der Waals surface area contributed by atoms with Gasteiger partial charge in [-0.25, -0.2) is 0 Å². The Hall–Kier alpha value is -1.48. The molecule has 0 aliphatic carbocycles. The Bertz CT molecular complexity index is 448. The van der Waals surface area contributed by atoms with Crippen molar-refractivity contribution in [2.75, 3.05) is 0 Å². The molecule has 2 aromatic rings. The molecular weight excluding hydrogens is 180 g/mol. The predicted octanol–water partition coefficient (Wildman–Crippen LogP) is 2.81. The summed E-state index contributed by atoms with van der Waals surface area (Å²) in [4.78, 5) is 0. The molecule has 0 fully saturated rings. The molecule has 2 nitrogen and oxygen atoms in total. The Labute approximate surface area is 81.3 Å². The number of H-pyrrole nitrogens is 1. The minimum Gasteiger partial charge on any atom is -0.267 e. The molecule has 0 unspecified atom stereocenters. The van der Waals surface area contributed by atoms with Crippen LogP contribution in [0.4, 0.5) is 0 Å². The van der Waals surface area contributed by atoms with E-state index in [4.69, 9.17) is 12.2 Å². The summed E-state index contributed by atoms with van der Waals surface area (Å²) in [6.45, 7) is 0. The largest absolute Gasteiger partial charge is 0.267 e. The third-order valence-corrected chi connectivity index (χ3v) is 2.12. The topological polar surface area (TPSA) is 28.7 Å². The lowest BCUT2D eigenvalue weighted by Crippen LogP contribution is -1.84. The Morgan fingerprint density at radius 2 is 1.85 bits per heavy atom. The van der Waals surface area contributed by atoms with Gasteiger partial charge in [-0.2, -0.15) is 5.10 Å². The van der Waals surface area contributed by atoms with Crippen molar-refractivity contribution in [1.82, 2.24) is 10.2 Å². The van der Waals surface area contributed by atoms with Crippen LogP contribution in [0.15, 0.2) is 42.6 Å². The summed E-state index contributed by atoms with van der Waals surface area (Å²) in [5.74, 6) is 0. The zero-order valence-electron chi connectivity index (χ0n) is 6.90. The molecule has 0 saturated heterocycles. The average Bonchev–Trinajstić information content (AvgIpc) is 2.20. The fourth-order valence-corrected chi connectivity index (χ4v) is 1.43. The van der Waals surface area contributed by atoms with E-state index < -0.39 is 0 Å². The van der Waals surface area contributed by atoms with Gasteiger partial charge in [-0.3, -0.25) is 5.10 Å². The van der Waals surface area contributed by atoms with Gasteiger partial charge in [-0.15, -0.1) is 0 Å². The highest BCUT2D eigenvalue weighted by molar-refractivity contribution is 7.71. The summed E-state index contributed by atoms with van der Waals surface area (Å²) in [7, 11) is 0. The van der Waals surface area contributed by atoms with Crippen molar-refractivity contribution in [2.24, 2.45) is 0 Å². The maximum atomic E-state index is 5.12. The monoisotopic (exact) mass is 188 g/mol. The Morgan fingerprint density at radius 1 is 1.08 bits per heavy atom. The third kappa shape index (κ3) is 1.65. The second kappa shape index (κ2) is 3.49. The van der Waals surface area contributed by atoms with Crippen molar-refractivity contribution in [2.45, 2.75) is 0 Å². The number of nitrogens with one attached hydrogen (secondary N) is 1. The van der Waals surface area contributed by atoms with E-state index in [1.54, 1.807) is 6.20 Å². The first-order valence-corrected chi connectivity index (χ1v) is 4.38. The van der Waals surface area contributed by atoms with Gasteiger partial charge in [0, 0.05) is 11.8 Å². The average molecular weight is 188 g/mol. The van der Waals surface area contributed by atoms with Gasteiger partial charge < -0.3 is 0 Å². The lowest BCUT2D eigenvalue weighted by Gasteiger charge is -1.99. The molecule has 0 atom stereocenters. The molecular formula is C10H8N2S. The van der Waals surface area contributed by atoms with Crippen LogP contribution in [0.2, 0.25) is 0 Å². The summed E-state index contributed by atoms with van der Waals surface area (Å²) in [6.07, 6.45) is 1.71. The molecule has 0 amide bonds. The smallest absolute Gasteiger partial charge is 0.127 e. The summed E-state index contributed by atoms with van der Waals surface area (Å²) < 4.78 is 0.675. The van der Waals surface area contributed by atoms with E-state index in [1.807, 2.05) is 36.4 Å². The van der Waals surface area contributed by atoms with Crippen LogP contribution in [-0.2, 0) is 0 Å². The van der Waals surface area contributed by atoms with Gasteiger partial charge in [-0.1, -0.05) is 42.5 Å². The molecule has 0 saturated carbocycles. The summed E-state index contributed by atoms with van der Waals surface area (Å²) in [5, 5.41) is 6.60. The van der Waals surface area contributed by atoms with E-state index in [9.17, 15) is 0 Å². The van der Waals surface area contributed by atoms with Gasteiger partial charge in [0.25, 0.3) is 0 Å². The molecule has 0 spiro atoms. The van der Waals surface area contributed by atoms with Gasteiger partial charge >= 0.3 is 0 Å². The van der Waals surface area contributed by atoms with Crippen LogP contribution in [0, 0.1) is 4.64 Å². The number of hydrogen-bond donors (Lipinski definition) is 1. The van der Waals surface area contributed by atoms with Gasteiger partial charge in [-0.05, 0) is 11.6 Å². The van der Waals surface area contributed by atoms with Crippen LogP contribution >= 0.6 is 12.2 Å². The molecule has 0 aliphatic rings. The number of aromatic nitrogens is 2. The van der Waals surface area contributed by atoms with Crippen molar-refractivity contribution in [3.63, 3.8) is 0 Å². The fraction of sp³-hybridized carbons (Fsp3) is 0. The number of rotatable bonds is 1. The van der Waals surface area contributed by atoms with Crippen LogP contribution in [0.3, 0.4) is 0 Å². The molecule has 2 rings (SSSR count). The molecule has 0 aliphatic heterocycles. The molecule has 1 aromatic carbocycles. The van der Waals surface area contributed by atoms with Gasteiger partial charge in [0.1, 0.15) is 4.64 Å². The van der Waals surface area contributed by atoms with Gasteiger partial charge in [0.05, 0.1) is 0 Å². The lowest BCUT2D eigenvalue weighted by atomic mass is 10.1. The molecule has 1 N–H and O–H groups in total. The number of hydrogen-bond acceptors (Lipinski definition) is 2. The highest BCUT2D eigenvalue weighted by Crippen LogP contribution is 2.17. The first kappa shape index (κ1) is 8.13. The number of aromatic amines is 1. The normalized spacial score (nSPS) is 9.85. The lowest BCUT2D eigenvalue weighted by molar-refractivity contribution is 1.02. The maximum Gasteiger partial charge on any atom is 0.127 e. The molecule has 1 aromatic heterocycles. The fourth-order valence-electron chi connectivity index (χ4n) is 1.19. The van der Waals surface area contributed by atoms with E-state index in [1.165, 1.54) is 0 Å². The Balaban J connectivity index is 2.60. The Kier molecular flexibility index (Phi) is 2.19. The van der Waals surface area contributed by atoms with Crippen molar-refractivity contribution in [3.8, 4) is 11.1 Å². The van der Waals surface area contributed by atoms with Gasteiger partial charge in [0.2, 0.25) is 0 Å². The highest BCUT2D eigenvalue weighted by Gasteiger charge is 1.96. The van der Waals surface area contributed by atoms with Gasteiger partial charge in [0.15, 0.2) is 0 Å². The van der Waals surface area contributed by atoms with Crippen LogP contribution in [0.5, 0.6) is 0 Å². The zero-order chi connectivity index (χ0) is 9.10. The van der Waals surface area contributed by atoms with Crippen LogP contribution in [-0.4, -0.2) is 10.2 Å². The Morgan fingerprint density at radius 3 is 2.54 bits per heavy atom. The molecule has 3 heteroatoms. The molecule has 64 valence electrons. The highest BCUT2D eigenvalue weighted by atomic mass is 32.1. The van der Waals surface area contributed by atoms with E-state index >= 15 is 0 Å². The van der Waals surface area contributed by atoms with Crippen molar-refractivity contribution in [1.29, 1.82) is 0 Å². The third-order valence-electron chi connectivity index (χ3n) is 1.81. The quantitative estimate of drug-likeness (QED) is 0.697. The molecule has 1 heterocycles. The first-order chi connectivity index (χ1) is 6.38. The minimum atomic E-state index is 0.675. The summed E-state index contributed by atoms with van der Waals surface area (Å²) in [6, 6.07) is 11.9. The van der Waals surface area contributed by atoms with Crippen LogP contribution < -0.4 is 0 Å². The van der Waals surface area contributed by atoms with E-state index in [2.05, 4.69) is 10.2 Å². The van der Waals surface area contributed by atoms with Crippen LogP contribution in [0.1, 0.15) is 0 Å². The predicted molar refractivity (Wildman–Crippen MR) is 54.9 cm³/mol. The second-order valence-electron chi connectivity index (χ2n) is 2.67. The van der Waals surface area contributed by atoms with Crippen LogP contribution in [0.25, 0.3) is 11.1 Å². The molecule has 0 bridgehead atoms. The van der Waals surface area contributed by atoms with E-state index in [0.717, 1.165) is 11.1 Å². The first-order valence-electron chi connectivity index (χ1n) is 3.97. The SMILES string of the molecule is S=c1[nH]nccc1-c1ccccc1. The zero-order valence-corrected chi connectivity index (χ0v) is 7.71. The number of benzene rings is 1. The summed E-state index contributed by atoms with van der Waals surface area (Å²) >= 11 is 5.12. The molecule has 0 radical (unpaired) electrons. The summed E-state index contributed by atoms with van der Waals surface area (Å²) in [5.41, 5.74) is 2.14. The minimum absolute atomic E-state index is 0.675. The standard InChI is InChI=1S/C10H8N2S/c13-10-9(6-7-11-12-10)8-4-2-1-3-5-8/h1-7H,(H,12,13). The second-order valence-corrected chi connectivity index (χ2v) is 3.07. The van der Waals surface area contributed by atoms with Crippen molar-refractivity contribution < 1.29 is 0 Å².